The normalized spacial score (nSPS) is 18.4. The summed E-state index contributed by atoms with van der Waals surface area (Å²) in [4.78, 5) is 18.0. The number of rotatable bonds is 4. The van der Waals surface area contributed by atoms with Crippen LogP contribution in [0.4, 0.5) is 5.82 Å². The summed E-state index contributed by atoms with van der Waals surface area (Å²) in [6, 6.07) is 16.2. The number of hydrogen-bond donors (Lipinski definition) is 0. The molecule has 0 atom stereocenters. The molecule has 0 saturated carbocycles. The molecule has 0 radical (unpaired) electrons. The number of anilines is 1. The van der Waals surface area contributed by atoms with Crippen molar-refractivity contribution in [1.29, 1.82) is 0 Å². The summed E-state index contributed by atoms with van der Waals surface area (Å²) < 4.78 is 7.41. The minimum absolute atomic E-state index is 0.225. The molecule has 8 nitrogen and oxygen atoms in total. The molecule has 33 heavy (non-hydrogen) atoms. The van der Waals surface area contributed by atoms with Crippen molar-refractivity contribution < 1.29 is 9.53 Å². The van der Waals surface area contributed by atoms with Gasteiger partial charge >= 0.3 is 0 Å². The third kappa shape index (κ3) is 4.11. The van der Waals surface area contributed by atoms with E-state index in [1.807, 2.05) is 55.1 Å². The molecule has 0 spiro atoms. The molecular weight excluding hydrogens is 416 g/mol. The van der Waals surface area contributed by atoms with Crippen molar-refractivity contribution in [1.82, 2.24) is 24.9 Å². The Bertz CT molecular complexity index is 1100. The van der Waals surface area contributed by atoms with Gasteiger partial charge < -0.3 is 14.5 Å². The highest BCUT2D eigenvalue weighted by Crippen LogP contribution is 2.37. The Labute approximate surface area is 194 Å². The number of nitrogens with zero attached hydrogens (tertiary/aromatic N) is 6. The van der Waals surface area contributed by atoms with Crippen LogP contribution in [-0.4, -0.2) is 70.2 Å². The molecule has 5 rings (SSSR count). The monoisotopic (exact) mass is 446 g/mol. The Morgan fingerprint density at radius 1 is 0.909 bits per heavy atom. The average Bonchev–Trinajstić information content (AvgIpc) is 3.22. The number of amides is 1. The van der Waals surface area contributed by atoms with E-state index >= 15 is 0 Å². The number of aromatic nitrogens is 4. The summed E-state index contributed by atoms with van der Waals surface area (Å²) in [5, 5.41) is 13.3. The molecule has 172 valence electrons. The number of carbonyl (C=O) groups excluding carboxylic acids is 1. The molecule has 1 aromatic carbocycles. The molecular formula is C25H30N6O2. The minimum atomic E-state index is -0.483. The smallest absolute Gasteiger partial charge is 0.233 e. The quantitative estimate of drug-likeness (QED) is 0.613. The van der Waals surface area contributed by atoms with Gasteiger partial charge in [0.05, 0.1) is 11.1 Å². The zero-order chi connectivity index (χ0) is 22.8. The lowest BCUT2D eigenvalue weighted by Crippen LogP contribution is -2.56. The maximum absolute atomic E-state index is 13.8. The van der Waals surface area contributed by atoms with Crippen LogP contribution in [0.2, 0.25) is 0 Å². The van der Waals surface area contributed by atoms with Crippen molar-refractivity contribution in [2.24, 2.45) is 0 Å². The average molecular weight is 447 g/mol. The van der Waals surface area contributed by atoms with E-state index in [-0.39, 0.29) is 5.91 Å². The van der Waals surface area contributed by atoms with Crippen LogP contribution < -0.4 is 4.90 Å². The number of hydrogen-bond acceptors (Lipinski definition) is 6. The molecule has 0 unspecified atom stereocenters. The van der Waals surface area contributed by atoms with Gasteiger partial charge in [-0.05, 0) is 50.5 Å². The zero-order valence-corrected chi connectivity index (χ0v) is 19.3. The molecule has 2 saturated heterocycles. The van der Waals surface area contributed by atoms with Crippen molar-refractivity contribution in [2.75, 3.05) is 44.3 Å². The van der Waals surface area contributed by atoms with Crippen LogP contribution in [0.5, 0.6) is 0 Å². The molecule has 0 aliphatic carbocycles. The van der Waals surface area contributed by atoms with Gasteiger partial charge in [0.1, 0.15) is 0 Å². The summed E-state index contributed by atoms with van der Waals surface area (Å²) in [6.07, 6.45) is 1.46. The Kier molecular flexibility index (Phi) is 5.85. The molecule has 2 aliphatic rings. The van der Waals surface area contributed by atoms with Gasteiger partial charge in [0.2, 0.25) is 5.91 Å². The van der Waals surface area contributed by atoms with Gasteiger partial charge in [-0.25, -0.2) is 4.68 Å². The van der Waals surface area contributed by atoms with E-state index in [0.29, 0.717) is 32.1 Å². The third-order valence-electron chi connectivity index (χ3n) is 6.84. The standard InChI is InChI=1S/C25H30N6O2/c1-19-18-20(2)31(28-19)23-9-8-22(26-27-23)29-12-14-30(15-13-29)24(32)25(10-16-33-17-11-25)21-6-4-3-5-7-21/h3-9,18H,10-17H2,1-2H3. The topological polar surface area (TPSA) is 76.4 Å². The van der Waals surface area contributed by atoms with Crippen LogP contribution >= 0.6 is 0 Å². The number of piperazine rings is 1. The first-order valence-electron chi connectivity index (χ1n) is 11.6. The molecule has 3 aromatic rings. The van der Waals surface area contributed by atoms with Gasteiger partial charge in [-0.3, -0.25) is 4.79 Å². The van der Waals surface area contributed by atoms with Crippen LogP contribution in [0.3, 0.4) is 0 Å². The van der Waals surface area contributed by atoms with Crippen LogP contribution in [0.25, 0.3) is 5.82 Å². The van der Waals surface area contributed by atoms with Gasteiger partial charge in [-0.15, -0.1) is 10.2 Å². The first-order chi connectivity index (χ1) is 16.1. The van der Waals surface area contributed by atoms with Crippen LogP contribution in [0.15, 0.2) is 48.5 Å². The lowest BCUT2D eigenvalue weighted by molar-refractivity contribution is -0.141. The van der Waals surface area contributed by atoms with Gasteiger partial charge in [0, 0.05) is 45.1 Å². The van der Waals surface area contributed by atoms with Crippen molar-refractivity contribution >= 4 is 11.7 Å². The van der Waals surface area contributed by atoms with E-state index in [2.05, 4.69) is 32.3 Å². The van der Waals surface area contributed by atoms with Crippen LogP contribution in [0, 0.1) is 13.8 Å². The van der Waals surface area contributed by atoms with E-state index in [9.17, 15) is 4.79 Å². The van der Waals surface area contributed by atoms with Crippen LogP contribution in [0.1, 0.15) is 29.8 Å². The first-order valence-corrected chi connectivity index (χ1v) is 11.6. The third-order valence-corrected chi connectivity index (χ3v) is 6.84. The van der Waals surface area contributed by atoms with Crippen molar-refractivity contribution in [2.45, 2.75) is 32.1 Å². The molecule has 2 aliphatic heterocycles. The summed E-state index contributed by atoms with van der Waals surface area (Å²) in [6.45, 7) is 8.04. The molecule has 2 aromatic heterocycles. The highest BCUT2D eigenvalue weighted by molar-refractivity contribution is 5.88. The molecule has 0 bridgehead atoms. The predicted molar refractivity (Wildman–Crippen MR) is 126 cm³/mol. The van der Waals surface area contributed by atoms with Crippen molar-refractivity contribution in [3.05, 3.63) is 65.5 Å². The zero-order valence-electron chi connectivity index (χ0n) is 19.3. The number of ether oxygens (including phenoxy) is 1. The fraction of sp³-hybridized carbons (Fsp3) is 0.440. The van der Waals surface area contributed by atoms with Gasteiger partial charge in [-0.1, -0.05) is 30.3 Å². The minimum Gasteiger partial charge on any atom is -0.381 e. The Morgan fingerprint density at radius 2 is 1.58 bits per heavy atom. The van der Waals surface area contributed by atoms with Gasteiger partial charge in [-0.2, -0.15) is 5.10 Å². The van der Waals surface area contributed by atoms with Gasteiger partial charge in [0.15, 0.2) is 11.6 Å². The van der Waals surface area contributed by atoms with E-state index < -0.39 is 5.41 Å². The summed E-state index contributed by atoms with van der Waals surface area (Å²) >= 11 is 0. The largest absolute Gasteiger partial charge is 0.381 e. The Hall–Kier alpha value is -3.26. The second kappa shape index (κ2) is 8.94. The second-order valence-corrected chi connectivity index (χ2v) is 8.93. The highest BCUT2D eigenvalue weighted by Gasteiger charge is 2.44. The molecule has 4 heterocycles. The number of carbonyl (C=O) groups is 1. The number of aryl methyl sites for hydroxylation is 2. The van der Waals surface area contributed by atoms with E-state index in [4.69, 9.17) is 4.74 Å². The fourth-order valence-electron chi connectivity index (χ4n) is 5.01. The van der Waals surface area contributed by atoms with Crippen molar-refractivity contribution in [3.8, 4) is 5.82 Å². The maximum Gasteiger partial charge on any atom is 0.233 e. The lowest BCUT2D eigenvalue weighted by atomic mass is 9.73. The van der Waals surface area contributed by atoms with E-state index in [1.165, 1.54) is 0 Å². The fourth-order valence-corrected chi connectivity index (χ4v) is 5.01. The van der Waals surface area contributed by atoms with Gasteiger partial charge in [0.25, 0.3) is 0 Å². The molecule has 2 fully saturated rings. The Balaban J connectivity index is 1.27. The predicted octanol–water partition coefficient (Wildman–Crippen LogP) is 2.68. The second-order valence-electron chi connectivity index (χ2n) is 8.93. The summed E-state index contributed by atoms with van der Waals surface area (Å²) in [5.41, 5.74) is 2.61. The number of benzene rings is 1. The van der Waals surface area contributed by atoms with E-state index in [0.717, 1.165) is 48.7 Å². The summed E-state index contributed by atoms with van der Waals surface area (Å²) in [5.74, 6) is 1.77. The first kappa shape index (κ1) is 21.6. The lowest BCUT2D eigenvalue weighted by Gasteiger charge is -2.43. The van der Waals surface area contributed by atoms with Crippen LogP contribution in [-0.2, 0) is 14.9 Å². The van der Waals surface area contributed by atoms with Crippen molar-refractivity contribution in [3.63, 3.8) is 0 Å². The molecule has 8 heteroatoms. The highest BCUT2D eigenvalue weighted by atomic mass is 16.5. The SMILES string of the molecule is Cc1cc(C)n(-c2ccc(N3CCN(C(=O)C4(c5ccccc5)CCOCC4)CC3)nn2)n1. The van der Waals surface area contributed by atoms with E-state index in [1.54, 1.807) is 4.68 Å². The summed E-state index contributed by atoms with van der Waals surface area (Å²) in [7, 11) is 0. The maximum atomic E-state index is 13.8. The molecule has 0 N–H and O–H groups in total. The molecule has 1 amide bonds. The Morgan fingerprint density at radius 3 is 2.18 bits per heavy atom.